The van der Waals surface area contributed by atoms with Gasteiger partial charge in [0.25, 0.3) is 5.91 Å². The van der Waals surface area contributed by atoms with E-state index in [2.05, 4.69) is 53.2 Å². The van der Waals surface area contributed by atoms with Crippen LogP contribution in [0.3, 0.4) is 0 Å². The highest BCUT2D eigenvalue weighted by Gasteiger charge is 2.34. The fraction of sp³-hybridized carbons (Fsp3) is 0.467. The lowest BCUT2D eigenvalue weighted by Gasteiger charge is -2.36. The third kappa shape index (κ3) is 6.25. The van der Waals surface area contributed by atoms with Gasteiger partial charge in [-0.25, -0.2) is 4.98 Å². The predicted molar refractivity (Wildman–Crippen MR) is 150 cm³/mol. The van der Waals surface area contributed by atoms with Crippen LogP contribution in [0.15, 0.2) is 67.0 Å². The molecule has 3 aromatic rings. The second-order valence-corrected chi connectivity index (χ2v) is 10.0. The third-order valence-electron chi connectivity index (χ3n) is 7.53. The van der Waals surface area contributed by atoms with Crippen LogP contribution in [0.2, 0.25) is 0 Å². The number of carbonyl (C=O) groups is 1. The van der Waals surface area contributed by atoms with Gasteiger partial charge < -0.3 is 19.5 Å². The number of piperazine rings is 1. The van der Waals surface area contributed by atoms with E-state index in [1.54, 1.807) is 0 Å². The quantitative estimate of drug-likeness (QED) is 0.422. The summed E-state index contributed by atoms with van der Waals surface area (Å²) in [4.78, 5) is 21.0. The molecule has 2 aliphatic rings. The van der Waals surface area contributed by atoms with Gasteiger partial charge in [-0.15, -0.1) is 12.4 Å². The number of nitrogens with one attached hydrogen (secondary N) is 1. The van der Waals surface area contributed by atoms with E-state index in [1.165, 1.54) is 18.4 Å². The van der Waals surface area contributed by atoms with E-state index in [-0.39, 0.29) is 36.5 Å². The van der Waals surface area contributed by atoms with E-state index in [4.69, 9.17) is 9.72 Å². The summed E-state index contributed by atoms with van der Waals surface area (Å²) in [6.45, 7) is 5.19. The minimum Gasteiger partial charge on any atom is -0.376 e. The molecule has 37 heavy (non-hydrogen) atoms. The Hall–Kier alpha value is -2.67. The summed E-state index contributed by atoms with van der Waals surface area (Å²) in [5.74, 6) is 0.0249. The van der Waals surface area contributed by atoms with Crippen LogP contribution in [0, 0.1) is 0 Å². The molecule has 0 unspecified atom stereocenters. The standard InChI is InChI=1S/C30H38N4O2.ClH/c1-2-19-36-27-16-10-9-15-26(27)34-22-32-28(29(34)24-13-7-4-8-14-24)30(35)33-18-17-31-21-25(33)20-23-11-5-3-6-12-23;/h3-8,11-14,22,25-27,31H,2,9-10,15-21H2,1H3;1H/t25-,26+,27+;/m1./s1. The minimum absolute atomic E-state index is 0. The second kappa shape index (κ2) is 13.2. The highest BCUT2D eigenvalue weighted by atomic mass is 35.5. The highest BCUT2D eigenvalue weighted by molar-refractivity contribution is 5.98. The van der Waals surface area contributed by atoms with Crippen molar-refractivity contribution in [3.05, 3.63) is 78.2 Å². The summed E-state index contributed by atoms with van der Waals surface area (Å²) in [6.07, 6.45) is 8.34. The van der Waals surface area contributed by atoms with Gasteiger partial charge in [-0.1, -0.05) is 80.4 Å². The van der Waals surface area contributed by atoms with E-state index >= 15 is 0 Å². The summed E-state index contributed by atoms with van der Waals surface area (Å²) in [5.41, 5.74) is 3.76. The van der Waals surface area contributed by atoms with Crippen molar-refractivity contribution >= 4 is 18.3 Å². The maximum Gasteiger partial charge on any atom is 0.275 e. The maximum atomic E-state index is 14.1. The number of imidazole rings is 1. The molecule has 1 aliphatic carbocycles. The number of halogens is 1. The van der Waals surface area contributed by atoms with Gasteiger partial charge in [0.05, 0.1) is 24.2 Å². The predicted octanol–water partition coefficient (Wildman–Crippen LogP) is 5.54. The molecule has 1 N–H and O–H groups in total. The smallest absolute Gasteiger partial charge is 0.275 e. The van der Waals surface area contributed by atoms with Gasteiger partial charge in [-0.05, 0) is 31.2 Å². The van der Waals surface area contributed by atoms with Crippen LogP contribution in [0.4, 0.5) is 0 Å². The van der Waals surface area contributed by atoms with E-state index in [0.29, 0.717) is 12.2 Å². The zero-order valence-corrected chi connectivity index (χ0v) is 22.5. The van der Waals surface area contributed by atoms with Crippen molar-refractivity contribution in [2.75, 3.05) is 26.2 Å². The minimum atomic E-state index is 0. The Morgan fingerprint density at radius 1 is 1.05 bits per heavy atom. The van der Waals surface area contributed by atoms with Crippen LogP contribution in [0.25, 0.3) is 11.3 Å². The van der Waals surface area contributed by atoms with Crippen LogP contribution >= 0.6 is 12.4 Å². The van der Waals surface area contributed by atoms with Crippen molar-refractivity contribution in [3.8, 4) is 11.3 Å². The van der Waals surface area contributed by atoms with Gasteiger partial charge >= 0.3 is 0 Å². The van der Waals surface area contributed by atoms with Crippen molar-refractivity contribution < 1.29 is 9.53 Å². The van der Waals surface area contributed by atoms with Crippen molar-refractivity contribution in [1.82, 2.24) is 19.8 Å². The third-order valence-corrected chi connectivity index (χ3v) is 7.53. The summed E-state index contributed by atoms with van der Waals surface area (Å²) >= 11 is 0. The Morgan fingerprint density at radius 2 is 1.78 bits per heavy atom. The number of rotatable bonds is 8. The van der Waals surface area contributed by atoms with Crippen molar-refractivity contribution in [3.63, 3.8) is 0 Å². The first-order chi connectivity index (χ1) is 17.8. The topological polar surface area (TPSA) is 59.4 Å². The molecular weight excluding hydrogens is 484 g/mol. The lowest BCUT2D eigenvalue weighted by atomic mass is 9.91. The molecule has 5 rings (SSSR count). The zero-order chi connectivity index (χ0) is 24.7. The fourth-order valence-electron chi connectivity index (χ4n) is 5.74. The number of nitrogens with zero attached hydrogens (tertiary/aromatic N) is 3. The van der Waals surface area contributed by atoms with Crippen molar-refractivity contribution in [2.24, 2.45) is 0 Å². The fourth-order valence-corrected chi connectivity index (χ4v) is 5.74. The van der Waals surface area contributed by atoms with Gasteiger partial charge in [-0.2, -0.15) is 0 Å². The summed E-state index contributed by atoms with van der Waals surface area (Å²) in [7, 11) is 0. The molecule has 198 valence electrons. The van der Waals surface area contributed by atoms with E-state index in [1.807, 2.05) is 35.5 Å². The molecule has 0 bridgehead atoms. The molecule has 1 amide bonds. The monoisotopic (exact) mass is 522 g/mol. The van der Waals surface area contributed by atoms with Crippen LogP contribution in [-0.2, 0) is 11.2 Å². The first kappa shape index (κ1) is 27.4. The largest absolute Gasteiger partial charge is 0.376 e. The number of aromatic nitrogens is 2. The van der Waals surface area contributed by atoms with Gasteiger partial charge in [0.2, 0.25) is 0 Å². The molecule has 1 saturated heterocycles. The van der Waals surface area contributed by atoms with Crippen LogP contribution in [0.5, 0.6) is 0 Å². The molecule has 1 aromatic heterocycles. The molecular formula is C30H39ClN4O2. The Kier molecular flexibility index (Phi) is 9.78. The molecule has 2 aromatic carbocycles. The Bertz CT molecular complexity index is 1120. The first-order valence-corrected chi connectivity index (χ1v) is 13.6. The van der Waals surface area contributed by atoms with Crippen LogP contribution < -0.4 is 5.32 Å². The van der Waals surface area contributed by atoms with E-state index < -0.39 is 0 Å². The van der Waals surface area contributed by atoms with Crippen molar-refractivity contribution in [2.45, 2.75) is 63.6 Å². The molecule has 6 nitrogen and oxygen atoms in total. The molecule has 2 fully saturated rings. The summed E-state index contributed by atoms with van der Waals surface area (Å²) < 4.78 is 8.55. The lowest BCUT2D eigenvalue weighted by Crippen LogP contribution is -2.54. The average molecular weight is 523 g/mol. The van der Waals surface area contributed by atoms with Crippen LogP contribution in [0.1, 0.15) is 61.1 Å². The molecule has 7 heteroatoms. The number of amides is 1. The Labute approximate surface area is 226 Å². The molecule has 3 atom stereocenters. The first-order valence-electron chi connectivity index (χ1n) is 13.6. The zero-order valence-electron chi connectivity index (χ0n) is 21.7. The summed E-state index contributed by atoms with van der Waals surface area (Å²) in [6, 6.07) is 21.0. The molecule has 2 heterocycles. The number of hydrogen-bond acceptors (Lipinski definition) is 4. The van der Waals surface area contributed by atoms with E-state index in [0.717, 1.165) is 56.6 Å². The molecule has 0 radical (unpaired) electrons. The van der Waals surface area contributed by atoms with Gasteiger partial charge in [0, 0.05) is 37.8 Å². The van der Waals surface area contributed by atoms with Crippen LogP contribution in [-0.4, -0.2) is 58.7 Å². The lowest BCUT2D eigenvalue weighted by molar-refractivity contribution is -0.00517. The SMILES string of the molecule is CCCO[C@H]1CCCC[C@@H]1n1cnc(C(=O)N2CCNC[C@H]2Cc2ccccc2)c1-c1ccccc1.Cl. The normalized spacial score (nSPS) is 21.9. The Morgan fingerprint density at radius 3 is 2.54 bits per heavy atom. The Balaban J connectivity index is 0.00000320. The molecule has 0 spiro atoms. The molecule has 1 saturated carbocycles. The van der Waals surface area contributed by atoms with Gasteiger partial charge in [-0.3, -0.25) is 4.79 Å². The van der Waals surface area contributed by atoms with Crippen molar-refractivity contribution in [1.29, 1.82) is 0 Å². The highest BCUT2D eigenvalue weighted by Crippen LogP contribution is 2.36. The number of ether oxygens (including phenoxy) is 1. The number of benzene rings is 2. The number of carbonyl (C=O) groups excluding carboxylic acids is 1. The maximum absolute atomic E-state index is 14.1. The second-order valence-electron chi connectivity index (χ2n) is 10.0. The molecule has 1 aliphatic heterocycles. The average Bonchev–Trinajstić information content (AvgIpc) is 3.38. The van der Waals surface area contributed by atoms with Gasteiger partial charge in [0.1, 0.15) is 0 Å². The summed E-state index contributed by atoms with van der Waals surface area (Å²) in [5, 5.41) is 3.48. The van der Waals surface area contributed by atoms with E-state index in [9.17, 15) is 4.79 Å². The van der Waals surface area contributed by atoms with Gasteiger partial charge in [0.15, 0.2) is 5.69 Å². The number of hydrogen-bond donors (Lipinski definition) is 1.